The summed E-state index contributed by atoms with van der Waals surface area (Å²) in [5.74, 6) is 0.285. The molecule has 0 aliphatic carbocycles. The van der Waals surface area contributed by atoms with Crippen molar-refractivity contribution in [2.75, 3.05) is 7.05 Å². The molecule has 0 spiro atoms. The quantitative estimate of drug-likeness (QED) is 0.847. The van der Waals surface area contributed by atoms with Crippen molar-refractivity contribution >= 4 is 27.5 Å². The summed E-state index contributed by atoms with van der Waals surface area (Å²) in [7, 11) is 1.85. The zero-order chi connectivity index (χ0) is 14.5. The molecular weight excluding hydrogens is 345 g/mol. The lowest BCUT2D eigenvalue weighted by molar-refractivity contribution is 0.296. The fourth-order valence-corrected chi connectivity index (χ4v) is 2.42. The standard InChI is InChI=1S/C15H14BrClFNO/c1-19-8-10-3-2-4-13(17)15(10)20-9-11-5-6-12(16)7-14(11)18/h2-7,19H,8-9H2,1H3. The molecule has 0 fully saturated rings. The summed E-state index contributed by atoms with van der Waals surface area (Å²) in [5, 5.41) is 3.57. The van der Waals surface area contributed by atoms with Gasteiger partial charge in [-0.2, -0.15) is 0 Å². The molecule has 5 heteroatoms. The Balaban J connectivity index is 2.18. The van der Waals surface area contributed by atoms with E-state index in [1.54, 1.807) is 18.2 Å². The molecule has 0 amide bonds. The molecule has 2 rings (SSSR count). The first-order chi connectivity index (χ1) is 9.61. The first-order valence-corrected chi connectivity index (χ1v) is 7.27. The summed E-state index contributed by atoms with van der Waals surface area (Å²) in [5.41, 5.74) is 1.43. The van der Waals surface area contributed by atoms with Gasteiger partial charge < -0.3 is 10.1 Å². The van der Waals surface area contributed by atoms with Crippen molar-refractivity contribution in [2.45, 2.75) is 13.2 Å². The third-order valence-electron chi connectivity index (χ3n) is 2.80. The Labute approximate surface area is 131 Å². The van der Waals surface area contributed by atoms with Crippen LogP contribution in [0.3, 0.4) is 0 Å². The highest BCUT2D eigenvalue weighted by atomic mass is 79.9. The van der Waals surface area contributed by atoms with E-state index in [0.29, 0.717) is 27.4 Å². The van der Waals surface area contributed by atoms with Gasteiger partial charge in [0, 0.05) is 22.1 Å². The molecule has 0 atom stereocenters. The van der Waals surface area contributed by atoms with E-state index >= 15 is 0 Å². The Kier molecular flexibility index (Phi) is 5.40. The molecule has 0 aromatic heterocycles. The second-order valence-corrected chi connectivity index (χ2v) is 5.61. The van der Waals surface area contributed by atoms with Gasteiger partial charge in [-0.15, -0.1) is 0 Å². The summed E-state index contributed by atoms with van der Waals surface area (Å²) in [6.07, 6.45) is 0. The van der Waals surface area contributed by atoms with E-state index in [4.69, 9.17) is 16.3 Å². The maximum absolute atomic E-state index is 13.7. The maximum Gasteiger partial charge on any atom is 0.142 e. The largest absolute Gasteiger partial charge is 0.487 e. The van der Waals surface area contributed by atoms with Crippen molar-refractivity contribution in [3.63, 3.8) is 0 Å². The summed E-state index contributed by atoms with van der Waals surface area (Å²) < 4.78 is 20.1. The lowest BCUT2D eigenvalue weighted by atomic mass is 10.2. The predicted molar refractivity (Wildman–Crippen MR) is 82.6 cm³/mol. The van der Waals surface area contributed by atoms with E-state index in [-0.39, 0.29) is 12.4 Å². The van der Waals surface area contributed by atoms with E-state index in [0.717, 1.165) is 5.56 Å². The molecule has 2 aromatic rings. The number of rotatable bonds is 5. The minimum Gasteiger partial charge on any atom is -0.487 e. The van der Waals surface area contributed by atoms with Crippen LogP contribution in [0.1, 0.15) is 11.1 Å². The van der Waals surface area contributed by atoms with Gasteiger partial charge in [-0.25, -0.2) is 4.39 Å². The number of benzene rings is 2. The van der Waals surface area contributed by atoms with Crippen molar-refractivity contribution in [1.29, 1.82) is 0 Å². The van der Waals surface area contributed by atoms with E-state index in [1.165, 1.54) is 6.07 Å². The number of nitrogens with one attached hydrogen (secondary N) is 1. The first kappa shape index (κ1) is 15.3. The highest BCUT2D eigenvalue weighted by Crippen LogP contribution is 2.29. The Morgan fingerprint density at radius 2 is 2.05 bits per heavy atom. The van der Waals surface area contributed by atoms with Gasteiger partial charge in [0.1, 0.15) is 18.2 Å². The Hall–Kier alpha value is -1.10. The number of hydrogen-bond acceptors (Lipinski definition) is 2. The number of hydrogen-bond donors (Lipinski definition) is 1. The van der Waals surface area contributed by atoms with Crippen LogP contribution in [0.15, 0.2) is 40.9 Å². The summed E-state index contributed by atoms with van der Waals surface area (Å²) in [4.78, 5) is 0. The summed E-state index contributed by atoms with van der Waals surface area (Å²) >= 11 is 9.37. The third kappa shape index (κ3) is 3.72. The lowest BCUT2D eigenvalue weighted by Gasteiger charge is -2.13. The van der Waals surface area contributed by atoms with E-state index in [9.17, 15) is 4.39 Å². The molecule has 0 heterocycles. The lowest BCUT2D eigenvalue weighted by Crippen LogP contribution is -2.08. The van der Waals surface area contributed by atoms with Gasteiger partial charge in [0.15, 0.2) is 0 Å². The van der Waals surface area contributed by atoms with Gasteiger partial charge in [-0.3, -0.25) is 0 Å². The van der Waals surface area contributed by atoms with E-state index < -0.39 is 0 Å². The Morgan fingerprint density at radius 3 is 2.75 bits per heavy atom. The Bertz CT molecular complexity index is 606. The number of ether oxygens (including phenoxy) is 1. The molecule has 0 unspecified atom stereocenters. The molecule has 0 saturated heterocycles. The Morgan fingerprint density at radius 1 is 1.25 bits per heavy atom. The molecule has 0 aliphatic rings. The molecule has 0 saturated carbocycles. The van der Waals surface area contributed by atoms with Gasteiger partial charge in [0.05, 0.1) is 5.02 Å². The molecular formula is C15H14BrClFNO. The van der Waals surface area contributed by atoms with Crippen molar-refractivity contribution in [3.05, 3.63) is 62.8 Å². The second-order valence-electron chi connectivity index (χ2n) is 4.28. The van der Waals surface area contributed by atoms with Crippen molar-refractivity contribution < 1.29 is 9.13 Å². The zero-order valence-corrected chi connectivity index (χ0v) is 13.3. The summed E-state index contributed by atoms with van der Waals surface area (Å²) in [6, 6.07) is 10.4. The van der Waals surface area contributed by atoms with Crippen LogP contribution in [0.2, 0.25) is 5.02 Å². The molecule has 0 radical (unpaired) electrons. The zero-order valence-electron chi connectivity index (χ0n) is 10.9. The predicted octanol–water partition coefficient (Wildman–Crippen LogP) is 4.54. The number of halogens is 3. The van der Waals surface area contributed by atoms with Gasteiger partial charge in [0.2, 0.25) is 0 Å². The normalized spacial score (nSPS) is 10.6. The van der Waals surface area contributed by atoms with Gasteiger partial charge in [0.25, 0.3) is 0 Å². The van der Waals surface area contributed by atoms with E-state index in [1.807, 2.05) is 19.2 Å². The average molecular weight is 359 g/mol. The average Bonchev–Trinajstić information content (AvgIpc) is 2.40. The van der Waals surface area contributed by atoms with Gasteiger partial charge in [-0.05, 0) is 25.2 Å². The monoisotopic (exact) mass is 357 g/mol. The highest BCUT2D eigenvalue weighted by molar-refractivity contribution is 9.10. The topological polar surface area (TPSA) is 21.3 Å². The van der Waals surface area contributed by atoms with Crippen LogP contribution < -0.4 is 10.1 Å². The highest BCUT2D eigenvalue weighted by Gasteiger charge is 2.10. The molecule has 0 aliphatic heterocycles. The minimum absolute atomic E-state index is 0.138. The van der Waals surface area contributed by atoms with Crippen LogP contribution in [0.25, 0.3) is 0 Å². The second kappa shape index (κ2) is 7.07. The molecule has 1 N–H and O–H groups in total. The van der Waals surface area contributed by atoms with Crippen LogP contribution in [0.5, 0.6) is 5.75 Å². The minimum atomic E-state index is -0.304. The third-order valence-corrected chi connectivity index (χ3v) is 3.59. The van der Waals surface area contributed by atoms with Crippen LogP contribution in [-0.2, 0) is 13.2 Å². The van der Waals surface area contributed by atoms with Gasteiger partial charge >= 0.3 is 0 Å². The van der Waals surface area contributed by atoms with Crippen molar-refractivity contribution in [2.24, 2.45) is 0 Å². The van der Waals surface area contributed by atoms with Crippen LogP contribution in [-0.4, -0.2) is 7.05 Å². The van der Waals surface area contributed by atoms with Crippen LogP contribution in [0, 0.1) is 5.82 Å². The maximum atomic E-state index is 13.7. The fraction of sp³-hybridized carbons (Fsp3) is 0.200. The first-order valence-electron chi connectivity index (χ1n) is 6.10. The molecule has 20 heavy (non-hydrogen) atoms. The smallest absolute Gasteiger partial charge is 0.142 e. The molecule has 0 bridgehead atoms. The molecule has 2 nitrogen and oxygen atoms in total. The SMILES string of the molecule is CNCc1cccc(Cl)c1OCc1ccc(Br)cc1F. The molecule has 106 valence electrons. The van der Waals surface area contributed by atoms with Crippen molar-refractivity contribution in [3.8, 4) is 5.75 Å². The summed E-state index contributed by atoms with van der Waals surface area (Å²) in [6.45, 7) is 0.776. The van der Waals surface area contributed by atoms with E-state index in [2.05, 4.69) is 21.2 Å². The van der Waals surface area contributed by atoms with Crippen LogP contribution >= 0.6 is 27.5 Å². The number of para-hydroxylation sites is 1. The fourth-order valence-electron chi connectivity index (χ4n) is 1.83. The molecule has 2 aromatic carbocycles. The van der Waals surface area contributed by atoms with Crippen molar-refractivity contribution in [1.82, 2.24) is 5.32 Å². The van der Waals surface area contributed by atoms with Gasteiger partial charge in [-0.1, -0.05) is 45.7 Å². The van der Waals surface area contributed by atoms with Crippen LogP contribution in [0.4, 0.5) is 4.39 Å².